The van der Waals surface area contributed by atoms with Gasteiger partial charge in [0.05, 0.1) is 0 Å². The molecule has 0 saturated heterocycles. The minimum atomic E-state index is 0.595. The molecule has 0 aliphatic rings. The summed E-state index contributed by atoms with van der Waals surface area (Å²) in [7, 11) is 0. The lowest BCUT2D eigenvalue weighted by Crippen LogP contribution is -2.25. The van der Waals surface area contributed by atoms with E-state index in [0.29, 0.717) is 17.1 Å². The summed E-state index contributed by atoms with van der Waals surface area (Å²) in [6, 6.07) is 0. The van der Waals surface area contributed by atoms with Gasteiger partial charge in [-0.25, -0.2) is 0 Å². The summed E-state index contributed by atoms with van der Waals surface area (Å²) in [5.74, 6) is 1.29. The largest absolute Gasteiger partial charge is 0.354 e. The predicted octanol–water partition coefficient (Wildman–Crippen LogP) is 2.46. The van der Waals surface area contributed by atoms with Gasteiger partial charge in [-0.2, -0.15) is 15.0 Å². The van der Waals surface area contributed by atoms with Gasteiger partial charge in [0, 0.05) is 19.6 Å². The summed E-state index contributed by atoms with van der Waals surface area (Å²) in [4.78, 5) is 15.5. The Bertz CT molecular complexity index is 583. The van der Waals surface area contributed by atoms with E-state index < -0.39 is 0 Å². The van der Waals surface area contributed by atoms with Gasteiger partial charge in [-0.05, 0) is 39.5 Å². The van der Waals surface area contributed by atoms with Gasteiger partial charge in [-0.1, -0.05) is 11.3 Å². The lowest BCUT2D eigenvalue weighted by Gasteiger charge is -2.19. The Morgan fingerprint density at radius 3 is 2.43 bits per heavy atom. The lowest BCUT2D eigenvalue weighted by molar-refractivity contribution is 0.782. The molecule has 0 saturated carbocycles. The van der Waals surface area contributed by atoms with Gasteiger partial charge in [0.1, 0.15) is 5.01 Å². The molecular weight excluding hydrogens is 306 g/mol. The lowest BCUT2D eigenvalue weighted by atomic mass is 10.5. The highest BCUT2D eigenvalue weighted by molar-refractivity contribution is 8.00. The van der Waals surface area contributed by atoms with Crippen LogP contribution < -0.4 is 10.2 Å². The van der Waals surface area contributed by atoms with E-state index in [1.54, 1.807) is 0 Å². The molecule has 0 bridgehead atoms. The van der Waals surface area contributed by atoms with Crippen LogP contribution in [0.3, 0.4) is 0 Å². The fourth-order valence-corrected chi connectivity index (χ4v) is 3.34. The molecule has 0 fully saturated rings. The van der Waals surface area contributed by atoms with Crippen LogP contribution in [0.15, 0.2) is 9.50 Å². The molecular formula is C12H19N7S2. The summed E-state index contributed by atoms with van der Waals surface area (Å²) in [5, 5.41) is 12.8. The van der Waals surface area contributed by atoms with Crippen molar-refractivity contribution in [2.45, 2.75) is 37.2 Å². The van der Waals surface area contributed by atoms with Crippen LogP contribution in [-0.4, -0.2) is 44.8 Å². The van der Waals surface area contributed by atoms with Crippen molar-refractivity contribution in [1.29, 1.82) is 0 Å². The van der Waals surface area contributed by atoms with Crippen LogP contribution in [0.1, 0.15) is 25.8 Å². The van der Waals surface area contributed by atoms with E-state index in [-0.39, 0.29) is 0 Å². The Morgan fingerprint density at radius 1 is 1.10 bits per heavy atom. The van der Waals surface area contributed by atoms with E-state index >= 15 is 0 Å². The van der Waals surface area contributed by atoms with Crippen molar-refractivity contribution in [1.82, 2.24) is 25.1 Å². The molecule has 9 heteroatoms. The van der Waals surface area contributed by atoms with Crippen molar-refractivity contribution in [2.75, 3.05) is 29.9 Å². The SMILES string of the molecule is CCNc1nc(Sc2nnc(C)s2)nc(N(CC)CC)n1. The summed E-state index contributed by atoms with van der Waals surface area (Å²) in [6.07, 6.45) is 0. The smallest absolute Gasteiger partial charge is 0.231 e. The summed E-state index contributed by atoms with van der Waals surface area (Å²) in [6.45, 7) is 10.6. The van der Waals surface area contributed by atoms with Crippen LogP contribution in [0.25, 0.3) is 0 Å². The fraction of sp³-hybridized carbons (Fsp3) is 0.583. The molecule has 0 atom stereocenters. The number of hydrogen-bond donors (Lipinski definition) is 1. The number of hydrogen-bond acceptors (Lipinski definition) is 9. The Balaban J connectivity index is 2.30. The van der Waals surface area contributed by atoms with Crippen LogP contribution in [0, 0.1) is 6.92 Å². The minimum Gasteiger partial charge on any atom is -0.354 e. The van der Waals surface area contributed by atoms with Crippen LogP contribution in [0.4, 0.5) is 11.9 Å². The number of nitrogens with one attached hydrogen (secondary N) is 1. The normalized spacial score (nSPS) is 10.7. The molecule has 7 nitrogen and oxygen atoms in total. The molecule has 0 aromatic carbocycles. The van der Waals surface area contributed by atoms with Crippen LogP contribution >= 0.6 is 23.1 Å². The van der Waals surface area contributed by atoms with E-state index in [2.05, 4.69) is 49.2 Å². The number of rotatable bonds is 7. The monoisotopic (exact) mass is 325 g/mol. The van der Waals surface area contributed by atoms with Gasteiger partial charge in [-0.15, -0.1) is 10.2 Å². The second kappa shape index (κ2) is 7.51. The van der Waals surface area contributed by atoms with E-state index in [4.69, 9.17) is 0 Å². The molecule has 1 N–H and O–H groups in total. The molecule has 0 radical (unpaired) electrons. The average molecular weight is 325 g/mol. The first-order valence-electron chi connectivity index (χ1n) is 6.89. The Labute approximate surface area is 132 Å². The fourth-order valence-electron chi connectivity index (χ4n) is 1.67. The third-order valence-electron chi connectivity index (χ3n) is 2.67. The van der Waals surface area contributed by atoms with Gasteiger partial charge in [-0.3, -0.25) is 0 Å². The zero-order valence-corrected chi connectivity index (χ0v) is 14.3. The van der Waals surface area contributed by atoms with Crippen molar-refractivity contribution in [3.8, 4) is 0 Å². The molecule has 0 spiro atoms. The standard InChI is InChI=1S/C12H19N7S2/c1-5-13-9-14-10(19(6-2)7-3)16-11(15-9)21-12-18-17-8(4)20-12/h5-7H2,1-4H3,(H,13,14,15,16). The molecule has 2 rings (SSSR count). The molecule has 0 aliphatic heterocycles. The highest BCUT2D eigenvalue weighted by atomic mass is 32.2. The van der Waals surface area contributed by atoms with Crippen molar-refractivity contribution in [3.05, 3.63) is 5.01 Å². The number of aromatic nitrogens is 5. The van der Waals surface area contributed by atoms with Gasteiger partial charge < -0.3 is 10.2 Å². The highest BCUT2D eigenvalue weighted by Crippen LogP contribution is 2.28. The maximum absolute atomic E-state index is 4.53. The van der Waals surface area contributed by atoms with Gasteiger partial charge in [0.25, 0.3) is 0 Å². The van der Waals surface area contributed by atoms with Crippen molar-refractivity contribution in [3.63, 3.8) is 0 Å². The summed E-state index contributed by atoms with van der Waals surface area (Å²) >= 11 is 2.95. The van der Waals surface area contributed by atoms with Crippen LogP contribution in [0.2, 0.25) is 0 Å². The summed E-state index contributed by atoms with van der Waals surface area (Å²) < 4.78 is 0.839. The molecule has 21 heavy (non-hydrogen) atoms. The second-order valence-corrected chi connectivity index (χ2v) is 6.53. The zero-order chi connectivity index (χ0) is 15.2. The molecule has 0 aliphatic carbocycles. The maximum Gasteiger partial charge on any atom is 0.231 e. The minimum absolute atomic E-state index is 0.595. The first-order chi connectivity index (χ1) is 10.2. The van der Waals surface area contributed by atoms with Crippen LogP contribution in [-0.2, 0) is 0 Å². The second-order valence-electron chi connectivity index (χ2n) is 4.13. The Hall–Kier alpha value is -1.48. The van der Waals surface area contributed by atoms with Gasteiger partial charge in [0.15, 0.2) is 4.34 Å². The van der Waals surface area contributed by atoms with E-state index in [1.807, 2.05) is 13.8 Å². The highest BCUT2D eigenvalue weighted by Gasteiger charge is 2.13. The van der Waals surface area contributed by atoms with E-state index in [0.717, 1.165) is 29.0 Å². The van der Waals surface area contributed by atoms with Crippen molar-refractivity contribution < 1.29 is 0 Å². The van der Waals surface area contributed by atoms with Gasteiger partial charge >= 0.3 is 0 Å². The predicted molar refractivity (Wildman–Crippen MR) is 86.3 cm³/mol. The molecule has 2 aromatic heterocycles. The molecule has 2 heterocycles. The van der Waals surface area contributed by atoms with E-state index in [1.165, 1.54) is 23.1 Å². The molecule has 2 aromatic rings. The molecule has 114 valence electrons. The van der Waals surface area contributed by atoms with E-state index in [9.17, 15) is 0 Å². The maximum atomic E-state index is 4.53. The number of nitrogens with zero attached hydrogens (tertiary/aromatic N) is 6. The first-order valence-corrected chi connectivity index (χ1v) is 8.52. The molecule has 0 unspecified atom stereocenters. The average Bonchev–Trinajstić information content (AvgIpc) is 2.86. The summed E-state index contributed by atoms with van der Waals surface area (Å²) in [5.41, 5.74) is 0. The topological polar surface area (TPSA) is 79.7 Å². The zero-order valence-electron chi connectivity index (χ0n) is 12.6. The third-order valence-corrected chi connectivity index (χ3v) is 4.43. The van der Waals surface area contributed by atoms with Crippen LogP contribution in [0.5, 0.6) is 0 Å². The third kappa shape index (κ3) is 4.24. The number of anilines is 2. The number of aryl methyl sites for hydroxylation is 1. The Kier molecular flexibility index (Phi) is 5.68. The quantitative estimate of drug-likeness (QED) is 0.831. The van der Waals surface area contributed by atoms with Crippen molar-refractivity contribution >= 4 is 35.0 Å². The Morgan fingerprint density at radius 2 is 1.86 bits per heavy atom. The molecule has 0 amide bonds. The first kappa shape index (κ1) is 15.9. The van der Waals surface area contributed by atoms with Gasteiger partial charge in [0.2, 0.25) is 17.1 Å². The van der Waals surface area contributed by atoms with Crippen molar-refractivity contribution in [2.24, 2.45) is 0 Å².